The monoisotopic (exact) mass is 298 g/mol. The molecule has 4 heteroatoms. The summed E-state index contributed by atoms with van der Waals surface area (Å²) in [5.41, 5.74) is 3.51. The molecule has 0 amide bonds. The molecule has 0 heterocycles. The van der Waals surface area contributed by atoms with Crippen molar-refractivity contribution in [3.8, 4) is 0 Å². The van der Waals surface area contributed by atoms with Crippen molar-refractivity contribution in [1.82, 2.24) is 5.32 Å². The zero-order valence-electron chi connectivity index (χ0n) is 9.43. The fourth-order valence-corrected chi connectivity index (χ4v) is 2.63. The summed E-state index contributed by atoms with van der Waals surface area (Å²) in [5, 5.41) is 7.29. The number of anilines is 1. The van der Waals surface area contributed by atoms with E-state index in [0.29, 0.717) is 6.04 Å². The van der Waals surface area contributed by atoms with E-state index in [1.165, 1.54) is 24.0 Å². The molecular formula is C12H15BrN2S. The van der Waals surface area contributed by atoms with Crippen LogP contribution in [-0.4, -0.2) is 11.2 Å². The van der Waals surface area contributed by atoms with Gasteiger partial charge in [0.15, 0.2) is 5.11 Å². The second-order valence-corrected chi connectivity index (χ2v) is 5.61. The van der Waals surface area contributed by atoms with Crippen LogP contribution in [0, 0.1) is 13.8 Å². The van der Waals surface area contributed by atoms with Gasteiger partial charge < -0.3 is 10.6 Å². The van der Waals surface area contributed by atoms with Crippen LogP contribution in [-0.2, 0) is 0 Å². The fraction of sp³-hybridized carbons (Fsp3) is 0.417. The van der Waals surface area contributed by atoms with Gasteiger partial charge in [0.2, 0.25) is 0 Å². The highest BCUT2D eigenvalue weighted by molar-refractivity contribution is 9.10. The first-order valence-electron chi connectivity index (χ1n) is 5.40. The minimum atomic E-state index is 0.594. The van der Waals surface area contributed by atoms with Crippen molar-refractivity contribution in [2.24, 2.45) is 0 Å². The van der Waals surface area contributed by atoms with E-state index in [0.717, 1.165) is 15.3 Å². The summed E-state index contributed by atoms with van der Waals surface area (Å²) in [7, 11) is 0. The van der Waals surface area contributed by atoms with Gasteiger partial charge >= 0.3 is 0 Å². The third-order valence-electron chi connectivity index (χ3n) is 2.65. The lowest BCUT2D eigenvalue weighted by Crippen LogP contribution is -2.30. The highest BCUT2D eigenvalue weighted by Crippen LogP contribution is 2.25. The molecule has 0 unspecified atom stereocenters. The number of thiocarbonyl (C=S) groups is 1. The van der Waals surface area contributed by atoms with E-state index in [4.69, 9.17) is 12.2 Å². The second kappa shape index (κ2) is 4.72. The SMILES string of the molecule is Cc1cc(Br)cc(C)c1NC(=S)NC1CC1. The van der Waals surface area contributed by atoms with E-state index in [2.05, 4.69) is 52.5 Å². The van der Waals surface area contributed by atoms with Gasteiger partial charge in [-0.2, -0.15) is 0 Å². The smallest absolute Gasteiger partial charge is 0.171 e. The Morgan fingerprint density at radius 3 is 2.38 bits per heavy atom. The third-order valence-corrected chi connectivity index (χ3v) is 3.33. The van der Waals surface area contributed by atoms with Crippen LogP contribution in [0.15, 0.2) is 16.6 Å². The van der Waals surface area contributed by atoms with Crippen molar-refractivity contribution in [3.63, 3.8) is 0 Å². The number of hydrogen-bond donors (Lipinski definition) is 2. The number of halogens is 1. The number of nitrogens with one attached hydrogen (secondary N) is 2. The van der Waals surface area contributed by atoms with Gasteiger partial charge in [0.05, 0.1) is 0 Å². The van der Waals surface area contributed by atoms with Crippen LogP contribution < -0.4 is 10.6 Å². The Morgan fingerprint density at radius 2 is 1.88 bits per heavy atom. The lowest BCUT2D eigenvalue weighted by molar-refractivity contribution is 0.919. The van der Waals surface area contributed by atoms with Crippen LogP contribution in [0.4, 0.5) is 5.69 Å². The van der Waals surface area contributed by atoms with Gasteiger partial charge in [-0.15, -0.1) is 0 Å². The van der Waals surface area contributed by atoms with Gasteiger partial charge in [-0.05, 0) is 62.2 Å². The van der Waals surface area contributed by atoms with Crippen molar-refractivity contribution >= 4 is 38.9 Å². The first-order valence-corrected chi connectivity index (χ1v) is 6.60. The minimum Gasteiger partial charge on any atom is -0.360 e. The first-order chi connectivity index (χ1) is 7.56. The zero-order chi connectivity index (χ0) is 11.7. The van der Waals surface area contributed by atoms with E-state index in [1.54, 1.807) is 0 Å². The Balaban J connectivity index is 2.10. The number of aryl methyl sites for hydroxylation is 2. The standard InChI is InChI=1S/C12H15BrN2S/c1-7-5-9(13)6-8(2)11(7)15-12(16)14-10-3-4-10/h5-6,10H,3-4H2,1-2H3,(H2,14,15,16). The average molecular weight is 299 g/mol. The topological polar surface area (TPSA) is 24.1 Å². The molecule has 86 valence electrons. The molecule has 0 saturated heterocycles. The molecule has 0 aromatic heterocycles. The van der Waals surface area contributed by atoms with Crippen LogP contribution in [0.1, 0.15) is 24.0 Å². The zero-order valence-corrected chi connectivity index (χ0v) is 11.8. The summed E-state index contributed by atoms with van der Waals surface area (Å²) < 4.78 is 1.11. The molecule has 0 radical (unpaired) electrons. The predicted octanol–water partition coefficient (Wildman–Crippen LogP) is 3.51. The summed E-state index contributed by atoms with van der Waals surface area (Å²) >= 11 is 8.76. The van der Waals surface area contributed by atoms with E-state index >= 15 is 0 Å². The Labute approximate surface area is 110 Å². The molecule has 2 N–H and O–H groups in total. The van der Waals surface area contributed by atoms with Crippen molar-refractivity contribution in [2.45, 2.75) is 32.7 Å². The van der Waals surface area contributed by atoms with Crippen LogP contribution in [0.5, 0.6) is 0 Å². The van der Waals surface area contributed by atoms with E-state index in [1.807, 2.05) is 0 Å². The average Bonchev–Trinajstić information content (AvgIpc) is 2.95. The van der Waals surface area contributed by atoms with Crippen molar-refractivity contribution in [1.29, 1.82) is 0 Å². The Hall–Kier alpha value is -0.610. The normalized spacial score (nSPS) is 14.7. The highest BCUT2D eigenvalue weighted by atomic mass is 79.9. The summed E-state index contributed by atoms with van der Waals surface area (Å²) in [6.45, 7) is 4.17. The molecular weight excluding hydrogens is 284 g/mol. The molecule has 16 heavy (non-hydrogen) atoms. The minimum absolute atomic E-state index is 0.594. The van der Waals surface area contributed by atoms with Crippen LogP contribution in [0.2, 0.25) is 0 Å². The lowest BCUT2D eigenvalue weighted by atomic mass is 10.1. The van der Waals surface area contributed by atoms with Gasteiger partial charge in [-0.1, -0.05) is 15.9 Å². The molecule has 1 aliphatic rings. The van der Waals surface area contributed by atoms with Gasteiger partial charge in [-0.25, -0.2) is 0 Å². The maximum absolute atomic E-state index is 5.27. The van der Waals surface area contributed by atoms with Gasteiger partial charge in [0.25, 0.3) is 0 Å². The molecule has 2 rings (SSSR count). The van der Waals surface area contributed by atoms with Gasteiger partial charge in [0.1, 0.15) is 0 Å². The molecule has 2 nitrogen and oxygen atoms in total. The largest absolute Gasteiger partial charge is 0.360 e. The molecule has 1 aromatic rings. The van der Waals surface area contributed by atoms with Gasteiger partial charge in [0, 0.05) is 16.2 Å². The van der Waals surface area contributed by atoms with Crippen molar-refractivity contribution < 1.29 is 0 Å². The van der Waals surface area contributed by atoms with Crippen LogP contribution >= 0.6 is 28.1 Å². The molecule has 1 aromatic carbocycles. The first kappa shape index (κ1) is 11.9. The van der Waals surface area contributed by atoms with E-state index in [9.17, 15) is 0 Å². The highest BCUT2D eigenvalue weighted by Gasteiger charge is 2.22. The summed E-state index contributed by atoms with van der Waals surface area (Å²) in [5.74, 6) is 0. The molecule has 0 atom stereocenters. The molecule has 1 fully saturated rings. The van der Waals surface area contributed by atoms with E-state index in [-0.39, 0.29) is 0 Å². The molecule has 0 aliphatic heterocycles. The molecule has 1 saturated carbocycles. The third kappa shape index (κ3) is 2.95. The lowest BCUT2D eigenvalue weighted by Gasteiger charge is -2.15. The van der Waals surface area contributed by atoms with Crippen molar-refractivity contribution in [3.05, 3.63) is 27.7 Å². The number of hydrogen-bond acceptors (Lipinski definition) is 1. The molecule has 0 spiro atoms. The second-order valence-electron chi connectivity index (χ2n) is 4.29. The van der Waals surface area contributed by atoms with Crippen LogP contribution in [0.25, 0.3) is 0 Å². The van der Waals surface area contributed by atoms with E-state index < -0.39 is 0 Å². The van der Waals surface area contributed by atoms with Crippen molar-refractivity contribution in [2.75, 3.05) is 5.32 Å². The Kier molecular flexibility index (Phi) is 3.50. The number of benzene rings is 1. The fourth-order valence-electron chi connectivity index (χ4n) is 1.67. The maximum atomic E-state index is 5.27. The summed E-state index contributed by atoms with van der Waals surface area (Å²) in [6.07, 6.45) is 2.47. The summed E-state index contributed by atoms with van der Waals surface area (Å²) in [6, 6.07) is 4.78. The molecule has 1 aliphatic carbocycles. The summed E-state index contributed by atoms with van der Waals surface area (Å²) in [4.78, 5) is 0. The Bertz CT molecular complexity index is 404. The predicted molar refractivity (Wildman–Crippen MR) is 76.0 cm³/mol. The quantitative estimate of drug-likeness (QED) is 0.817. The Morgan fingerprint density at radius 1 is 1.31 bits per heavy atom. The molecule has 0 bridgehead atoms. The maximum Gasteiger partial charge on any atom is 0.171 e. The number of rotatable bonds is 2. The van der Waals surface area contributed by atoms with Crippen LogP contribution in [0.3, 0.4) is 0 Å². The van der Waals surface area contributed by atoms with Gasteiger partial charge in [-0.3, -0.25) is 0 Å².